The summed E-state index contributed by atoms with van der Waals surface area (Å²) in [6.45, 7) is 4.19. The molecule has 1 atom stereocenters. The largest absolute Gasteiger partial charge is 0.344 e. The van der Waals surface area contributed by atoms with Crippen molar-refractivity contribution < 1.29 is 4.79 Å². The minimum atomic E-state index is -0.01000. The first-order valence-corrected chi connectivity index (χ1v) is 9.91. The van der Waals surface area contributed by atoms with Crippen LogP contribution in [0.15, 0.2) is 54.7 Å². The number of hydrogen-bond donors (Lipinski definition) is 2. The predicted molar refractivity (Wildman–Crippen MR) is 112 cm³/mol. The second kappa shape index (κ2) is 7.97. The third-order valence-corrected chi connectivity index (χ3v) is 5.55. The second-order valence-corrected chi connectivity index (χ2v) is 7.43. The normalized spacial score (nSPS) is 21.3. The number of fused-ring (bicyclic) bond motifs is 1. The molecule has 4 heteroatoms. The standard InChI is InChI=1S/C23H27N3O/c1-17-8-7-12-21-22(17)20(23(27)25-21)16-26(18-9-3-2-4-10-18)19-11-5-6-14-24-15-13-19/h2-4,7-10,12,16,19,24H,5-6,11,13-15H2,1H3,(H,25,27). The molecule has 0 bridgehead atoms. The highest BCUT2D eigenvalue weighted by Gasteiger charge is 2.28. The number of hydrogen-bond acceptors (Lipinski definition) is 3. The fourth-order valence-corrected chi connectivity index (χ4v) is 4.13. The van der Waals surface area contributed by atoms with Gasteiger partial charge in [-0.2, -0.15) is 0 Å². The Morgan fingerprint density at radius 1 is 1.00 bits per heavy atom. The van der Waals surface area contributed by atoms with Crippen LogP contribution in [0.2, 0.25) is 0 Å². The van der Waals surface area contributed by atoms with Gasteiger partial charge in [-0.15, -0.1) is 0 Å². The quantitative estimate of drug-likeness (QED) is 0.800. The van der Waals surface area contributed by atoms with Crippen molar-refractivity contribution in [1.82, 2.24) is 5.32 Å². The van der Waals surface area contributed by atoms with Gasteiger partial charge in [-0.3, -0.25) is 4.79 Å². The van der Waals surface area contributed by atoms with Gasteiger partial charge in [0.05, 0.1) is 5.57 Å². The molecule has 1 amide bonds. The Labute approximate surface area is 161 Å². The van der Waals surface area contributed by atoms with E-state index in [9.17, 15) is 4.79 Å². The molecule has 2 aromatic carbocycles. The van der Waals surface area contributed by atoms with Crippen LogP contribution in [0.4, 0.5) is 11.4 Å². The van der Waals surface area contributed by atoms with Gasteiger partial charge in [-0.05, 0) is 63.0 Å². The first-order chi connectivity index (χ1) is 13.2. The molecule has 0 radical (unpaired) electrons. The van der Waals surface area contributed by atoms with Crippen molar-refractivity contribution in [3.05, 3.63) is 65.9 Å². The van der Waals surface area contributed by atoms with E-state index < -0.39 is 0 Å². The molecule has 2 heterocycles. The molecular formula is C23H27N3O. The number of benzene rings is 2. The number of aryl methyl sites for hydroxylation is 1. The minimum absolute atomic E-state index is 0.01000. The number of carbonyl (C=O) groups excluding carboxylic acids is 1. The fraction of sp³-hybridized carbons (Fsp3) is 0.348. The van der Waals surface area contributed by atoms with E-state index in [4.69, 9.17) is 0 Å². The Kier molecular flexibility index (Phi) is 5.26. The molecule has 2 aliphatic heterocycles. The monoisotopic (exact) mass is 361 g/mol. The molecule has 0 aromatic heterocycles. The lowest BCUT2D eigenvalue weighted by Crippen LogP contribution is -2.36. The molecule has 4 rings (SSSR count). The van der Waals surface area contributed by atoms with E-state index in [1.807, 2.05) is 18.2 Å². The maximum absolute atomic E-state index is 12.7. The van der Waals surface area contributed by atoms with Crippen molar-refractivity contribution in [2.45, 2.75) is 38.6 Å². The van der Waals surface area contributed by atoms with Crippen molar-refractivity contribution in [3.8, 4) is 0 Å². The van der Waals surface area contributed by atoms with Crippen molar-refractivity contribution in [3.63, 3.8) is 0 Å². The van der Waals surface area contributed by atoms with Crippen LogP contribution < -0.4 is 15.5 Å². The van der Waals surface area contributed by atoms with E-state index in [0.29, 0.717) is 6.04 Å². The lowest BCUT2D eigenvalue weighted by atomic mass is 9.99. The average Bonchev–Trinajstić information content (AvgIpc) is 2.97. The van der Waals surface area contributed by atoms with Crippen molar-refractivity contribution in [2.75, 3.05) is 23.3 Å². The zero-order valence-corrected chi connectivity index (χ0v) is 15.9. The molecule has 1 unspecified atom stereocenters. The maximum Gasteiger partial charge on any atom is 0.257 e. The SMILES string of the molecule is Cc1cccc2c1C(=CN(c1ccccc1)C1CCCCNCC1)C(=O)N2. The zero-order chi connectivity index (χ0) is 18.6. The number of para-hydroxylation sites is 1. The highest BCUT2D eigenvalue weighted by molar-refractivity contribution is 6.32. The van der Waals surface area contributed by atoms with Gasteiger partial charge >= 0.3 is 0 Å². The molecule has 27 heavy (non-hydrogen) atoms. The summed E-state index contributed by atoms with van der Waals surface area (Å²) in [6, 6.07) is 16.9. The molecule has 0 spiro atoms. The zero-order valence-electron chi connectivity index (χ0n) is 15.9. The van der Waals surface area contributed by atoms with Gasteiger partial charge in [0.2, 0.25) is 0 Å². The highest BCUT2D eigenvalue weighted by Crippen LogP contribution is 2.36. The molecule has 4 nitrogen and oxygen atoms in total. The van der Waals surface area contributed by atoms with Crippen LogP contribution in [0.5, 0.6) is 0 Å². The van der Waals surface area contributed by atoms with Crippen molar-refractivity contribution in [2.24, 2.45) is 0 Å². The molecule has 0 saturated carbocycles. The Morgan fingerprint density at radius 2 is 1.85 bits per heavy atom. The van der Waals surface area contributed by atoms with Crippen LogP contribution in [-0.4, -0.2) is 25.0 Å². The Bertz CT molecular complexity index is 836. The summed E-state index contributed by atoms with van der Waals surface area (Å²) in [5, 5.41) is 6.55. The third-order valence-electron chi connectivity index (χ3n) is 5.55. The van der Waals surface area contributed by atoms with Crippen LogP contribution in [0.3, 0.4) is 0 Å². The molecule has 0 aliphatic carbocycles. The van der Waals surface area contributed by atoms with E-state index in [0.717, 1.165) is 54.0 Å². The van der Waals surface area contributed by atoms with E-state index >= 15 is 0 Å². The lowest BCUT2D eigenvalue weighted by Gasteiger charge is -2.33. The van der Waals surface area contributed by atoms with Gasteiger partial charge in [-0.25, -0.2) is 0 Å². The van der Waals surface area contributed by atoms with Gasteiger partial charge in [0, 0.05) is 29.2 Å². The van der Waals surface area contributed by atoms with E-state index in [-0.39, 0.29) is 5.91 Å². The van der Waals surface area contributed by atoms with Crippen molar-refractivity contribution in [1.29, 1.82) is 0 Å². The fourth-order valence-electron chi connectivity index (χ4n) is 4.13. The van der Waals surface area contributed by atoms with Gasteiger partial charge in [0.15, 0.2) is 0 Å². The molecular weight excluding hydrogens is 334 g/mol. The summed E-state index contributed by atoms with van der Waals surface area (Å²) >= 11 is 0. The van der Waals surface area contributed by atoms with Gasteiger partial charge in [0.1, 0.15) is 0 Å². The van der Waals surface area contributed by atoms with Crippen LogP contribution in [0, 0.1) is 6.92 Å². The van der Waals surface area contributed by atoms with Crippen LogP contribution in [0.1, 0.15) is 36.8 Å². The Balaban J connectivity index is 1.76. The summed E-state index contributed by atoms with van der Waals surface area (Å²) < 4.78 is 0. The van der Waals surface area contributed by atoms with Gasteiger partial charge in [-0.1, -0.05) is 36.8 Å². The summed E-state index contributed by atoms with van der Waals surface area (Å²) in [6.07, 6.45) is 6.70. The lowest BCUT2D eigenvalue weighted by molar-refractivity contribution is -0.110. The van der Waals surface area contributed by atoms with Crippen LogP contribution in [0.25, 0.3) is 5.57 Å². The predicted octanol–water partition coefficient (Wildman–Crippen LogP) is 4.33. The van der Waals surface area contributed by atoms with E-state index in [2.05, 4.69) is 59.0 Å². The number of rotatable bonds is 3. The molecule has 1 fully saturated rings. The van der Waals surface area contributed by atoms with Gasteiger partial charge < -0.3 is 15.5 Å². The molecule has 2 N–H and O–H groups in total. The van der Waals surface area contributed by atoms with Crippen LogP contribution in [-0.2, 0) is 4.79 Å². The van der Waals surface area contributed by atoms with E-state index in [1.165, 1.54) is 12.8 Å². The minimum Gasteiger partial charge on any atom is -0.344 e. The summed E-state index contributed by atoms with van der Waals surface area (Å²) in [5.41, 5.74) is 4.99. The topological polar surface area (TPSA) is 44.4 Å². The number of carbonyl (C=O) groups is 1. The van der Waals surface area contributed by atoms with Crippen molar-refractivity contribution >= 4 is 22.9 Å². The summed E-state index contributed by atoms with van der Waals surface area (Å²) in [7, 11) is 0. The highest BCUT2D eigenvalue weighted by atomic mass is 16.2. The van der Waals surface area contributed by atoms with Crippen LogP contribution >= 0.6 is 0 Å². The first kappa shape index (κ1) is 17.8. The first-order valence-electron chi connectivity index (χ1n) is 9.91. The average molecular weight is 361 g/mol. The number of nitrogens with zero attached hydrogens (tertiary/aromatic N) is 1. The number of amides is 1. The van der Waals surface area contributed by atoms with E-state index in [1.54, 1.807) is 0 Å². The maximum atomic E-state index is 12.7. The number of nitrogens with one attached hydrogen (secondary N) is 2. The second-order valence-electron chi connectivity index (χ2n) is 7.43. The Hall–Kier alpha value is -2.59. The molecule has 140 valence electrons. The summed E-state index contributed by atoms with van der Waals surface area (Å²) in [5.74, 6) is -0.01000. The molecule has 2 aromatic rings. The smallest absolute Gasteiger partial charge is 0.257 e. The Morgan fingerprint density at radius 3 is 2.70 bits per heavy atom. The third kappa shape index (κ3) is 3.76. The molecule has 2 aliphatic rings. The van der Waals surface area contributed by atoms with Gasteiger partial charge in [0.25, 0.3) is 5.91 Å². The summed E-state index contributed by atoms with van der Waals surface area (Å²) in [4.78, 5) is 15.1. The number of anilines is 2. The molecule has 1 saturated heterocycles.